The van der Waals surface area contributed by atoms with Gasteiger partial charge in [-0.2, -0.15) is 0 Å². The Balaban J connectivity index is 1.48. The second-order valence-electron chi connectivity index (χ2n) is 5.86. The van der Waals surface area contributed by atoms with Crippen molar-refractivity contribution in [1.29, 1.82) is 0 Å². The van der Waals surface area contributed by atoms with Crippen molar-refractivity contribution in [2.24, 2.45) is 0 Å². The average molecular weight is 385 g/mol. The van der Waals surface area contributed by atoms with Gasteiger partial charge in [-0.3, -0.25) is 4.79 Å². The van der Waals surface area contributed by atoms with Gasteiger partial charge in [0.25, 0.3) is 5.91 Å². The molecule has 138 valence electrons. The van der Waals surface area contributed by atoms with Crippen LogP contribution < -0.4 is 10.6 Å². The second kappa shape index (κ2) is 9.09. The van der Waals surface area contributed by atoms with E-state index in [0.29, 0.717) is 22.9 Å². The molecule has 0 aliphatic carbocycles. The number of halogens is 2. The maximum atomic E-state index is 13.6. The number of hydrogen-bond acceptors (Lipinski definition) is 4. The van der Waals surface area contributed by atoms with E-state index in [4.69, 9.17) is 11.6 Å². The number of aromatic nitrogens is 2. The summed E-state index contributed by atoms with van der Waals surface area (Å²) >= 11 is 5.86. The standard InChI is InChI=1S/C20H18ClFN4O/c21-16-7-5-14(6-8-16)9-10-23-19-13-24-18(12-25-19)20(27)26-11-15-3-1-2-4-17(15)22/h1-8,12-13H,9-11H2,(H,23,25)(H,26,27). The van der Waals surface area contributed by atoms with Crippen LogP contribution in [-0.2, 0) is 13.0 Å². The van der Waals surface area contributed by atoms with Gasteiger partial charge in [0.05, 0.1) is 12.4 Å². The van der Waals surface area contributed by atoms with Gasteiger partial charge in [-0.05, 0) is 30.2 Å². The summed E-state index contributed by atoms with van der Waals surface area (Å²) in [5, 5.41) is 6.49. The van der Waals surface area contributed by atoms with Crippen molar-refractivity contribution in [3.63, 3.8) is 0 Å². The van der Waals surface area contributed by atoms with Crippen molar-refractivity contribution in [2.45, 2.75) is 13.0 Å². The molecule has 5 nitrogen and oxygen atoms in total. The summed E-state index contributed by atoms with van der Waals surface area (Å²) < 4.78 is 13.6. The minimum Gasteiger partial charge on any atom is -0.368 e. The largest absolute Gasteiger partial charge is 0.368 e. The summed E-state index contributed by atoms with van der Waals surface area (Å²) in [6.45, 7) is 0.767. The van der Waals surface area contributed by atoms with Crippen LogP contribution in [0.5, 0.6) is 0 Å². The topological polar surface area (TPSA) is 66.9 Å². The quantitative estimate of drug-likeness (QED) is 0.649. The molecule has 1 heterocycles. The minimum atomic E-state index is -0.404. The Morgan fingerprint density at radius 3 is 2.52 bits per heavy atom. The molecule has 2 aromatic carbocycles. The van der Waals surface area contributed by atoms with E-state index in [1.165, 1.54) is 18.5 Å². The third-order valence-corrected chi connectivity index (χ3v) is 4.17. The minimum absolute atomic E-state index is 0.0915. The summed E-state index contributed by atoms with van der Waals surface area (Å²) in [5.41, 5.74) is 1.75. The first kappa shape index (κ1) is 18.8. The Hall–Kier alpha value is -2.99. The van der Waals surface area contributed by atoms with Gasteiger partial charge in [0.2, 0.25) is 0 Å². The number of carbonyl (C=O) groups excluding carboxylic acids is 1. The molecule has 0 aliphatic heterocycles. The van der Waals surface area contributed by atoms with Crippen LogP contribution in [0.3, 0.4) is 0 Å². The van der Waals surface area contributed by atoms with Gasteiger partial charge in [-0.15, -0.1) is 0 Å². The predicted molar refractivity (Wildman–Crippen MR) is 103 cm³/mol. The van der Waals surface area contributed by atoms with Crippen molar-refractivity contribution >= 4 is 23.3 Å². The lowest BCUT2D eigenvalue weighted by Gasteiger charge is -2.08. The number of nitrogens with one attached hydrogen (secondary N) is 2. The number of hydrogen-bond donors (Lipinski definition) is 2. The fourth-order valence-electron chi connectivity index (χ4n) is 2.43. The molecule has 0 unspecified atom stereocenters. The highest BCUT2D eigenvalue weighted by Gasteiger charge is 2.09. The number of anilines is 1. The molecule has 7 heteroatoms. The highest BCUT2D eigenvalue weighted by molar-refractivity contribution is 6.30. The number of rotatable bonds is 7. The molecule has 2 N–H and O–H groups in total. The first-order chi connectivity index (χ1) is 13.1. The molecule has 0 atom stereocenters. The van der Waals surface area contributed by atoms with Crippen LogP contribution in [-0.4, -0.2) is 22.4 Å². The van der Waals surface area contributed by atoms with Gasteiger partial charge in [0.15, 0.2) is 0 Å². The Morgan fingerprint density at radius 1 is 1.04 bits per heavy atom. The van der Waals surface area contributed by atoms with E-state index < -0.39 is 5.91 Å². The molecule has 0 saturated carbocycles. The number of amides is 1. The van der Waals surface area contributed by atoms with Crippen LogP contribution in [0.1, 0.15) is 21.6 Å². The summed E-state index contributed by atoms with van der Waals surface area (Å²) in [5.74, 6) is -0.183. The van der Waals surface area contributed by atoms with E-state index in [9.17, 15) is 9.18 Å². The zero-order valence-electron chi connectivity index (χ0n) is 14.5. The average Bonchev–Trinajstić information content (AvgIpc) is 2.69. The molecule has 27 heavy (non-hydrogen) atoms. The van der Waals surface area contributed by atoms with Gasteiger partial charge in [-0.1, -0.05) is 41.9 Å². The van der Waals surface area contributed by atoms with Crippen LogP contribution in [0.2, 0.25) is 5.02 Å². The highest BCUT2D eigenvalue weighted by atomic mass is 35.5. The van der Waals surface area contributed by atoms with E-state index >= 15 is 0 Å². The van der Waals surface area contributed by atoms with Crippen molar-refractivity contribution in [3.05, 3.63) is 88.6 Å². The predicted octanol–water partition coefficient (Wildman–Crippen LogP) is 3.85. The lowest BCUT2D eigenvalue weighted by molar-refractivity contribution is 0.0945. The maximum absolute atomic E-state index is 13.6. The summed E-state index contributed by atoms with van der Waals surface area (Å²) in [4.78, 5) is 20.4. The van der Waals surface area contributed by atoms with Gasteiger partial charge >= 0.3 is 0 Å². The molecule has 1 aromatic heterocycles. The van der Waals surface area contributed by atoms with Crippen LogP contribution >= 0.6 is 11.6 Å². The van der Waals surface area contributed by atoms with Crippen LogP contribution in [0.4, 0.5) is 10.2 Å². The molecule has 3 rings (SSSR count). The summed E-state index contributed by atoms with van der Waals surface area (Å²) in [6, 6.07) is 13.9. The normalized spacial score (nSPS) is 10.4. The van der Waals surface area contributed by atoms with E-state index in [0.717, 1.165) is 12.0 Å². The number of benzene rings is 2. The fraction of sp³-hybridized carbons (Fsp3) is 0.150. The van der Waals surface area contributed by atoms with Crippen LogP contribution in [0.15, 0.2) is 60.9 Å². The molecule has 0 saturated heterocycles. The van der Waals surface area contributed by atoms with E-state index in [2.05, 4.69) is 20.6 Å². The first-order valence-electron chi connectivity index (χ1n) is 8.44. The lowest BCUT2D eigenvalue weighted by Crippen LogP contribution is -2.24. The number of nitrogens with zero attached hydrogens (tertiary/aromatic N) is 2. The number of carbonyl (C=O) groups is 1. The van der Waals surface area contributed by atoms with Crippen LogP contribution in [0.25, 0.3) is 0 Å². The monoisotopic (exact) mass is 384 g/mol. The molecule has 0 aliphatic rings. The summed E-state index contributed by atoms with van der Waals surface area (Å²) in [6.07, 6.45) is 3.70. The third kappa shape index (κ3) is 5.49. The molecule has 3 aromatic rings. The second-order valence-corrected chi connectivity index (χ2v) is 6.30. The molecule has 0 radical (unpaired) electrons. The zero-order chi connectivity index (χ0) is 19.1. The molecular formula is C20H18ClFN4O. The van der Waals surface area contributed by atoms with Gasteiger partial charge in [0.1, 0.15) is 17.3 Å². The SMILES string of the molecule is O=C(NCc1ccccc1F)c1cnc(NCCc2ccc(Cl)cc2)cn1. The van der Waals surface area contributed by atoms with Gasteiger partial charge in [-0.25, -0.2) is 14.4 Å². The Labute approximate surface area is 161 Å². The molecule has 0 bridgehead atoms. The van der Waals surface area contributed by atoms with E-state index in [1.807, 2.05) is 24.3 Å². The van der Waals surface area contributed by atoms with Crippen molar-refractivity contribution < 1.29 is 9.18 Å². The Morgan fingerprint density at radius 2 is 1.81 bits per heavy atom. The molecule has 0 fully saturated rings. The first-order valence-corrected chi connectivity index (χ1v) is 8.81. The molecule has 0 spiro atoms. The highest BCUT2D eigenvalue weighted by Crippen LogP contribution is 2.10. The lowest BCUT2D eigenvalue weighted by atomic mass is 10.1. The molecule has 1 amide bonds. The maximum Gasteiger partial charge on any atom is 0.271 e. The van der Waals surface area contributed by atoms with Gasteiger partial charge < -0.3 is 10.6 Å². The smallest absolute Gasteiger partial charge is 0.271 e. The Bertz CT molecular complexity index is 901. The zero-order valence-corrected chi connectivity index (χ0v) is 15.2. The van der Waals surface area contributed by atoms with E-state index in [1.54, 1.807) is 18.2 Å². The van der Waals surface area contributed by atoms with Crippen molar-refractivity contribution in [2.75, 3.05) is 11.9 Å². The Kier molecular flexibility index (Phi) is 6.33. The van der Waals surface area contributed by atoms with Gasteiger partial charge in [0, 0.05) is 23.7 Å². The van der Waals surface area contributed by atoms with Crippen LogP contribution in [0, 0.1) is 5.82 Å². The van der Waals surface area contributed by atoms with Crippen molar-refractivity contribution in [3.8, 4) is 0 Å². The summed E-state index contributed by atoms with van der Waals surface area (Å²) in [7, 11) is 0. The molecular weight excluding hydrogens is 367 g/mol. The fourth-order valence-corrected chi connectivity index (χ4v) is 2.56. The van der Waals surface area contributed by atoms with Crippen molar-refractivity contribution in [1.82, 2.24) is 15.3 Å². The third-order valence-electron chi connectivity index (χ3n) is 3.91. The van der Waals surface area contributed by atoms with E-state index in [-0.39, 0.29) is 18.1 Å².